The van der Waals surface area contributed by atoms with Crippen LogP contribution in [0.5, 0.6) is 0 Å². The Hall–Kier alpha value is -0.350. The van der Waals surface area contributed by atoms with Crippen LogP contribution in [0.25, 0.3) is 0 Å². The van der Waals surface area contributed by atoms with E-state index in [0.717, 1.165) is 18.4 Å². The molecule has 2 nitrogen and oxygen atoms in total. The van der Waals surface area contributed by atoms with Crippen LogP contribution in [0, 0.1) is 0 Å². The molecule has 0 heterocycles. The molecule has 1 aromatic carbocycles. The summed E-state index contributed by atoms with van der Waals surface area (Å²) in [5, 5.41) is 0. The van der Waals surface area contributed by atoms with Gasteiger partial charge in [0.05, 0.1) is 0 Å². The van der Waals surface area contributed by atoms with Crippen molar-refractivity contribution in [1.29, 1.82) is 0 Å². The molecule has 106 valence electrons. The van der Waals surface area contributed by atoms with Gasteiger partial charge in [-0.15, -0.1) is 0 Å². The molecule has 0 aliphatic heterocycles. The Morgan fingerprint density at radius 2 is 1.84 bits per heavy atom. The summed E-state index contributed by atoms with van der Waals surface area (Å²) in [6.07, 6.45) is 1.55. The van der Waals surface area contributed by atoms with Crippen LogP contribution in [0.15, 0.2) is 30.3 Å². The molecule has 0 saturated carbocycles. The van der Waals surface area contributed by atoms with Gasteiger partial charge in [0, 0.05) is 16.1 Å². The van der Waals surface area contributed by atoms with E-state index in [9.17, 15) is 4.79 Å². The highest BCUT2D eigenvalue weighted by Gasteiger charge is 2.25. The summed E-state index contributed by atoms with van der Waals surface area (Å²) in [6.45, 7) is 5.70. The lowest BCUT2D eigenvalue weighted by Crippen LogP contribution is -2.25. The molecular weight excluding hydrogens is 372 g/mol. The molecule has 0 aromatic heterocycles. The molecule has 19 heavy (non-hydrogen) atoms. The van der Waals surface area contributed by atoms with E-state index >= 15 is 0 Å². The number of carbonyl (C=O) groups excluding carboxylic acids is 1. The first-order chi connectivity index (χ1) is 8.80. The van der Waals surface area contributed by atoms with Crippen molar-refractivity contribution in [2.75, 3.05) is 0 Å². The maximum absolute atomic E-state index is 11.2. The zero-order valence-electron chi connectivity index (χ0n) is 11.5. The number of hydrogen-bond acceptors (Lipinski definition) is 2. The van der Waals surface area contributed by atoms with E-state index in [1.165, 1.54) is 6.92 Å². The van der Waals surface area contributed by atoms with Gasteiger partial charge >= 0.3 is 5.97 Å². The minimum absolute atomic E-state index is 0.0183. The average Bonchev–Trinajstić information content (AvgIpc) is 2.33. The molecule has 1 rings (SSSR count). The molecule has 0 amide bonds. The molecule has 0 aliphatic rings. The number of alkyl halides is 2. The minimum atomic E-state index is -0.238. The highest BCUT2D eigenvalue weighted by Crippen LogP contribution is 2.33. The Morgan fingerprint density at radius 3 is 2.32 bits per heavy atom. The molecular formula is C15H20Br2O2. The number of ether oxygens (including phenoxy) is 1. The predicted molar refractivity (Wildman–Crippen MR) is 85.9 cm³/mol. The average molecular weight is 392 g/mol. The number of benzene rings is 1. The van der Waals surface area contributed by atoms with Crippen LogP contribution in [0.4, 0.5) is 0 Å². The zero-order valence-corrected chi connectivity index (χ0v) is 14.7. The summed E-state index contributed by atoms with van der Waals surface area (Å²) in [7, 11) is 0. The molecule has 0 aliphatic carbocycles. The fraction of sp³-hybridized carbons (Fsp3) is 0.533. The first kappa shape index (κ1) is 16.7. The van der Waals surface area contributed by atoms with Crippen molar-refractivity contribution in [3.8, 4) is 0 Å². The largest absolute Gasteiger partial charge is 0.458 e. The fourth-order valence-corrected chi connectivity index (χ4v) is 2.30. The third kappa shape index (κ3) is 6.09. The number of esters is 1. The van der Waals surface area contributed by atoms with Gasteiger partial charge in [-0.05, 0) is 32.3 Å². The third-order valence-corrected chi connectivity index (χ3v) is 5.68. The van der Waals surface area contributed by atoms with Crippen molar-refractivity contribution < 1.29 is 9.53 Å². The van der Waals surface area contributed by atoms with Crippen molar-refractivity contribution in [3.05, 3.63) is 35.9 Å². The van der Waals surface area contributed by atoms with Gasteiger partial charge in [0.2, 0.25) is 0 Å². The van der Waals surface area contributed by atoms with Crippen LogP contribution in [0.3, 0.4) is 0 Å². The second kappa shape index (κ2) is 7.44. The van der Waals surface area contributed by atoms with Gasteiger partial charge in [0.15, 0.2) is 0 Å². The smallest absolute Gasteiger partial charge is 0.303 e. The summed E-state index contributed by atoms with van der Waals surface area (Å²) in [5.41, 5.74) is 1.05. The van der Waals surface area contributed by atoms with Crippen molar-refractivity contribution in [2.24, 2.45) is 0 Å². The monoisotopic (exact) mass is 390 g/mol. The van der Waals surface area contributed by atoms with Crippen LogP contribution in [-0.2, 0) is 9.53 Å². The Labute approximate surface area is 132 Å². The van der Waals surface area contributed by atoms with Crippen LogP contribution >= 0.6 is 31.9 Å². The maximum atomic E-state index is 11.2. The van der Waals surface area contributed by atoms with Crippen molar-refractivity contribution in [2.45, 2.75) is 48.9 Å². The lowest BCUT2D eigenvalue weighted by molar-refractivity contribution is -0.147. The predicted octanol–water partition coefficient (Wildman–Crippen LogP) is 5.01. The summed E-state index contributed by atoms with van der Waals surface area (Å²) in [5.74, 6) is -0.238. The topological polar surface area (TPSA) is 26.3 Å². The first-order valence-electron chi connectivity index (χ1n) is 6.36. The normalized spacial score (nSPS) is 14.8. The lowest BCUT2D eigenvalue weighted by Gasteiger charge is -2.25. The van der Waals surface area contributed by atoms with Crippen LogP contribution in [0.1, 0.15) is 45.3 Å². The maximum Gasteiger partial charge on any atom is 0.303 e. The Morgan fingerprint density at radius 1 is 1.26 bits per heavy atom. The molecule has 0 fully saturated rings. The SMILES string of the molecule is CC(=O)OC(CCC(Br)C(C)(C)Br)c1ccccc1. The Bertz CT molecular complexity index is 398. The molecule has 0 bridgehead atoms. The Kier molecular flexibility index (Phi) is 6.54. The van der Waals surface area contributed by atoms with Crippen LogP contribution in [0.2, 0.25) is 0 Å². The lowest BCUT2D eigenvalue weighted by atomic mass is 9.99. The van der Waals surface area contributed by atoms with Crippen LogP contribution in [-0.4, -0.2) is 15.1 Å². The van der Waals surface area contributed by atoms with Crippen LogP contribution < -0.4 is 0 Å². The highest BCUT2D eigenvalue weighted by atomic mass is 79.9. The summed E-state index contributed by atoms with van der Waals surface area (Å²) in [6, 6.07) is 9.88. The quantitative estimate of drug-likeness (QED) is 0.503. The fourth-order valence-electron chi connectivity index (χ4n) is 1.80. The van der Waals surface area contributed by atoms with Gasteiger partial charge in [-0.2, -0.15) is 0 Å². The number of carbonyl (C=O) groups is 1. The van der Waals surface area contributed by atoms with E-state index < -0.39 is 0 Å². The molecule has 0 spiro atoms. The van der Waals surface area contributed by atoms with Gasteiger partial charge in [0.25, 0.3) is 0 Å². The minimum Gasteiger partial charge on any atom is -0.458 e. The summed E-state index contributed by atoms with van der Waals surface area (Å²) in [4.78, 5) is 11.5. The first-order valence-corrected chi connectivity index (χ1v) is 8.06. The second-order valence-corrected chi connectivity index (χ2v) is 8.27. The Balaban J connectivity index is 2.69. The summed E-state index contributed by atoms with van der Waals surface area (Å²) >= 11 is 7.32. The number of rotatable bonds is 6. The van der Waals surface area contributed by atoms with E-state index in [1.807, 2.05) is 30.3 Å². The molecule has 0 N–H and O–H groups in total. The van der Waals surface area contributed by atoms with Gasteiger partial charge < -0.3 is 4.74 Å². The van der Waals surface area contributed by atoms with Gasteiger partial charge in [-0.1, -0.05) is 62.2 Å². The van der Waals surface area contributed by atoms with Gasteiger partial charge in [-0.25, -0.2) is 0 Å². The molecule has 2 atom stereocenters. The molecule has 0 saturated heterocycles. The number of hydrogen-bond donors (Lipinski definition) is 0. The zero-order chi connectivity index (χ0) is 14.5. The second-order valence-electron chi connectivity index (χ2n) is 5.12. The molecule has 1 aromatic rings. The van der Waals surface area contributed by atoms with Crippen molar-refractivity contribution in [3.63, 3.8) is 0 Å². The van der Waals surface area contributed by atoms with Gasteiger partial charge in [0.1, 0.15) is 6.10 Å². The molecule has 2 unspecified atom stereocenters. The van der Waals surface area contributed by atoms with E-state index in [1.54, 1.807) is 0 Å². The standard InChI is InChI=1S/C15H20Br2O2/c1-11(18)19-13(12-7-5-4-6-8-12)9-10-14(16)15(2,3)17/h4-8,13-14H,9-10H2,1-3H3. The van der Waals surface area contributed by atoms with Crippen molar-refractivity contribution >= 4 is 37.8 Å². The highest BCUT2D eigenvalue weighted by molar-refractivity contribution is 9.12. The van der Waals surface area contributed by atoms with Crippen molar-refractivity contribution in [1.82, 2.24) is 0 Å². The van der Waals surface area contributed by atoms with E-state index in [4.69, 9.17) is 4.74 Å². The molecule has 4 heteroatoms. The van der Waals surface area contributed by atoms with E-state index in [0.29, 0.717) is 4.83 Å². The number of halogens is 2. The van der Waals surface area contributed by atoms with E-state index in [2.05, 4.69) is 45.7 Å². The van der Waals surface area contributed by atoms with E-state index in [-0.39, 0.29) is 16.4 Å². The summed E-state index contributed by atoms with van der Waals surface area (Å²) < 4.78 is 5.44. The third-order valence-electron chi connectivity index (χ3n) is 2.91. The molecule has 0 radical (unpaired) electrons. The van der Waals surface area contributed by atoms with Gasteiger partial charge in [-0.3, -0.25) is 4.79 Å².